The Morgan fingerprint density at radius 3 is 2.72 bits per heavy atom. The van der Waals surface area contributed by atoms with Gasteiger partial charge in [-0.3, -0.25) is 14.5 Å². The minimum atomic E-state index is -0.894. The highest BCUT2D eigenvalue weighted by Crippen LogP contribution is 2.37. The molecule has 2 saturated heterocycles. The van der Waals surface area contributed by atoms with Crippen molar-refractivity contribution in [1.82, 2.24) is 10.2 Å². The number of carboxylic acid groups (broad SMARTS) is 1. The van der Waals surface area contributed by atoms with Gasteiger partial charge in [0.05, 0.1) is 18.1 Å². The normalized spacial score (nSPS) is 22.8. The Hall–Kier alpha value is -2.12. The van der Waals surface area contributed by atoms with Gasteiger partial charge < -0.3 is 20.3 Å². The lowest BCUT2D eigenvalue weighted by atomic mass is 9.77. The van der Waals surface area contributed by atoms with Crippen LogP contribution in [0.15, 0.2) is 24.3 Å². The third-order valence-electron chi connectivity index (χ3n) is 5.21. The lowest BCUT2D eigenvalue weighted by molar-refractivity contribution is -0.144. The molecule has 0 aliphatic carbocycles. The predicted molar refractivity (Wildman–Crippen MR) is 90.2 cm³/mol. The maximum absolute atomic E-state index is 11.7. The van der Waals surface area contributed by atoms with Crippen LogP contribution in [0.25, 0.3) is 0 Å². The van der Waals surface area contributed by atoms with Gasteiger partial charge in [0.2, 0.25) is 5.91 Å². The number of carbonyl (C=O) groups is 2. The first-order valence-electron chi connectivity index (χ1n) is 8.62. The molecule has 3 rings (SSSR count). The van der Waals surface area contributed by atoms with Gasteiger partial charge in [-0.05, 0) is 18.9 Å². The number of carboxylic acids is 1. The molecule has 0 radical (unpaired) electrons. The number of nitrogens with one attached hydrogen (secondary N) is 1. The lowest BCUT2D eigenvalue weighted by Gasteiger charge is -2.41. The molecule has 25 heavy (non-hydrogen) atoms. The van der Waals surface area contributed by atoms with Crippen molar-refractivity contribution in [1.29, 1.82) is 0 Å². The summed E-state index contributed by atoms with van der Waals surface area (Å²) < 4.78 is 5.57. The van der Waals surface area contributed by atoms with Gasteiger partial charge in [-0.25, -0.2) is 0 Å². The molecule has 0 saturated carbocycles. The summed E-state index contributed by atoms with van der Waals surface area (Å²) in [5.41, 5.74) is 0.434. The molecule has 136 valence electrons. The molecule has 1 amide bonds. The SMILES string of the molecule is O=C1C[C@@H](C(=O)O)C2(CCN(Cc3ccccc3OCCO)CC2)N1. The number of aliphatic carboxylic acids is 1. The molecule has 0 aromatic heterocycles. The fraction of sp³-hybridized carbons (Fsp3) is 0.556. The number of aliphatic hydroxyl groups excluding tert-OH is 1. The average Bonchev–Trinajstić information content (AvgIpc) is 2.92. The van der Waals surface area contributed by atoms with Crippen LogP contribution in [0.5, 0.6) is 5.75 Å². The van der Waals surface area contributed by atoms with E-state index in [1.165, 1.54) is 0 Å². The Labute approximate surface area is 146 Å². The number of piperidine rings is 1. The van der Waals surface area contributed by atoms with E-state index in [4.69, 9.17) is 9.84 Å². The van der Waals surface area contributed by atoms with E-state index in [-0.39, 0.29) is 25.5 Å². The fourth-order valence-electron chi connectivity index (χ4n) is 3.88. The minimum absolute atomic E-state index is 0.0309. The van der Waals surface area contributed by atoms with E-state index < -0.39 is 17.4 Å². The number of aliphatic hydroxyl groups is 1. The largest absolute Gasteiger partial charge is 0.491 e. The maximum atomic E-state index is 11.7. The smallest absolute Gasteiger partial charge is 0.309 e. The van der Waals surface area contributed by atoms with Crippen LogP contribution in [-0.4, -0.2) is 58.8 Å². The van der Waals surface area contributed by atoms with E-state index >= 15 is 0 Å². The fourth-order valence-corrected chi connectivity index (χ4v) is 3.88. The number of rotatable bonds is 6. The van der Waals surface area contributed by atoms with Gasteiger partial charge in [0, 0.05) is 31.6 Å². The van der Waals surface area contributed by atoms with Crippen LogP contribution in [0.4, 0.5) is 0 Å². The third kappa shape index (κ3) is 3.77. The van der Waals surface area contributed by atoms with Crippen LogP contribution in [0, 0.1) is 5.92 Å². The monoisotopic (exact) mass is 348 g/mol. The molecule has 1 spiro atoms. The zero-order valence-corrected chi connectivity index (χ0v) is 14.1. The van der Waals surface area contributed by atoms with Gasteiger partial charge in [-0.15, -0.1) is 0 Å². The van der Waals surface area contributed by atoms with Crippen molar-refractivity contribution < 1.29 is 24.5 Å². The molecule has 7 heteroatoms. The van der Waals surface area contributed by atoms with Crippen molar-refractivity contribution in [3.8, 4) is 5.75 Å². The van der Waals surface area contributed by atoms with Crippen LogP contribution in [0.2, 0.25) is 0 Å². The van der Waals surface area contributed by atoms with Gasteiger partial charge >= 0.3 is 5.97 Å². The zero-order valence-electron chi connectivity index (χ0n) is 14.1. The van der Waals surface area contributed by atoms with Crippen molar-refractivity contribution in [3.63, 3.8) is 0 Å². The molecule has 2 fully saturated rings. The molecular formula is C18H24N2O5. The maximum Gasteiger partial charge on any atom is 0.309 e. The van der Waals surface area contributed by atoms with Crippen molar-refractivity contribution in [2.24, 2.45) is 5.92 Å². The standard InChI is InChI=1S/C18H24N2O5/c21-9-10-25-15-4-2-1-3-13(15)12-20-7-5-18(6-8-20)14(17(23)24)11-16(22)19-18/h1-4,14,21H,5-12H2,(H,19,22)(H,23,24)/t14-/m0/s1. The lowest BCUT2D eigenvalue weighted by Crippen LogP contribution is -2.55. The summed E-state index contributed by atoms with van der Waals surface area (Å²) in [4.78, 5) is 25.5. The van der Waals surface area contributed by atoms with Gasteiger partial charge in [-0.2, -0.15) is 0 Å². The molecule has 0 unspecified atom stereocenters. The molecular weight excluding hydrogens is 324 g/mol. The summed E-state index contributed by atoms with van der Waals surface area (Å²) in [6.45, 7) is 2.36. The highest BCUT2D eigenvalue weighted by Gasteiger charge is 2.51. The van der Waals surface area contributed by atoms with Gasteiger partial charge in [0.1, 0.15) is 12.4 Å². The Kier molecular flexibility index (Phi) is 5.24. The molecule has 1 aromatic carbocycles. The number of hydrogen-bond donors (Lipinski definition) is 3. The number of likely N-dealkylation sites (tertiary alicyclic amines) is 1. The van der Waals surface area contributed by atoms with Gasteiger partial charge in [-0.1, -0.05) is 18.2 Å². The van der Waals surface area contributed by atoms with E-state index in [2.05, 4.69) is 10.2 Å². The molecule has 1 atom stereocenters. The Balaban J connectivity index is 1.63. The Morgan fingerprint density at radius 2 is 2.04 bits per heavy atom. The number of hydrogen-bond acceptors (Lipinski definition) is 5. The first-order valence-corrected chi connectivity index (χ1v) is 8.62. The Morgan fingerprint density at radius 1 is 1.32 bits per heavy atom. The second-order valence-electron chi connectivity index (χ2n) is 6.76. The van der Waals surface area contributed by atoms with Crippen molar-refractivity contribution in [2.45, 2.75) is 31.3 Å². The van der Waals surface area contributed by atoms with E-state index in [1.807, 2.05) is 24.3 Å². The number of benzene rings is 1. The van der Waals surface area contributed by atoms with Crippen LogP contribution < -0.4 is 10.1 Å². The number of nitrogens with zero attached hydrogens (tertiary/aromatic N) is 1. The summed E-state index contributed by atoms with van der Waals surface area (Å²) in [6, 6.07) is 7.72. The average molecular weight is 348 g/mol. The van der Waals surface area contributed by atoms with Crippen LogP contribution in [0.1, 0.15) is 24.8 Å². The van der Waals surface area contributed by atoms with E-state index in [0.29, 0.717) is 19.4 Å². The summed E-state index contributed by atoms with van der Waals surface area (Å²) in [6.07, 6.45) is 1.35. The summed E-state index contributed by atoms with van der Waals surface area (Å²) in [5.74, 6) is -0.935. The summed E-state index contributed by atoms with van der Waals surface area (Å²) >= 11 is 0. The third-order valence-corrected chi connectivity index (χ3v) is 5.21. The van der Waals surface area contributed by atoms with E-state index in [1.54, 1.807) is 0 Å². The number of ether oxygens (including phenoxy) is 1. The molecule has 7 nitrogen and oxygen atoms in total. The highest BCUT2D eigenvalue weighted by atomic mass is 16.5. The first kappa shape index (κ1) is 17.7. The van der Waals surface area contributed by atoms with Gasteiger partial charge in [0.25, 0.3) is 0 Å². The summed E-state index contributed by atoms with van der Waals surface area (Å²) in [5, 5.41) is 21.3. The molecule has 0 bridgehead atoms. The van der Waals surface area contributed by atoms with Gasteiger partial charge in [0.15, 0.2) is 0 Å². The zero-order chi connectivity index (χ0) is 17.9. The predicted octanol–water partition coefficient (Wildman–Crippen LogP) is 0.613. The molecule has 2 aliphatic heterocycles. The van der Waals surface area contributed by atoms with E-state index in [9.17, 15) is 14.7 Å². The number of amides is 1. The summed E-state index contributed by atoms with van der Waals surface area (Å²) in [7, 11) is 0. The topological polar surface area (TPSA) is 99.1 Å². The first-order chi connectivity index (χ1) is 12.0. The van der Waals surface area contributed by atoms with E-state index in [0.717, 1.165) is 24.4 Å². The highest BCUT2D eigenvalue weighted by molar-refractivity contribution is 5.88. The van der Waals surface area contributed by atoms with Crippen molar-refractivity contribution in [3.05, 3.63) is 29.8 Å². The van der Waals surface area contributed by atoms with Crippen LogP contribution in [0.3, 0.4) is 0 Å². The second-order valence-corrected chi connectivity index (χ2v) is 6.76. The molecule has 2 heterocycles. The molecule has 3 N–H and O–H groups in total. The van der Waals surface area contributed by atoms with Crippen LogP contribution in [-0.2, 0) is 16.1 Å². The Bertz CT molecular complexity index is 640. The number of para-hydroxylation sites is 1. The second kappa shape index (κ2) is 7.41. The van der Waals surface area contributed by atoms with Crippen molar-refractivity contribution >= 4 is 11.9 Å². The van der Waals surface area contributed by atoms with Crippen molar-refractivity contribution in [2.75, 3.05) is 26.3 Å². The molecule has 1 aromatic rings. The minimum Gasteiger partial charge on any atom is -0.491 e. The quantitative estimate of drug-likeness (QED) is 0.697. The number of carbonyl (C=O) groups excluding carboxylic acids is 1. The van der Waals surface area contributed by atoms with Crippen LogP contribution >= 0.6 is 0 Å². The molecule has 2 aliphatic rings.